The Morgan fingerprint density at radius 3 is 1.42 bits per heavy atom. The number of benzene rings is 4. The molecule has 15 heteroatoms. The fraction of sp³-hybridized carbons (Fsp3) is 0.455. The minimum absolute atomic E-state index is 0.461. The zero-order valence-electron chi connectivity index (χ0n) is 32.9. The molecule has 0 spiro atoms. The lowest BCUT2D eigenvalue weighted by molar-refractivity contribution is -0.890. The van der Waals surface area contributed by atoms with E-state index in [4.69, 9.17) is 42.1 Å². The smallest absolute Gasteiger partial charge is 0.137 e. The summed E-state index contributed by atoms with van der Waals surface area (Å²) in [7, 11) is 4.24. The second-order valence-electron chi connectivity index (χ2n) is 15.9. The van der Waals surface area contributed by atoms with Crippen molar-refractivity contribution < 1.29 is 64.3 Å². The van der Waals surface area contributed by atoms with Crippen molar-refractivity contribution in [2.24, 2.45) is 0 Å². The van der Waals surface area contributed by atoms with Crippen LogP contribution in [0, 0.1) is 0 Å². The summed E-state index contributed by atoms with van der Waals surface area (Å²) in [5.74, 6) is 1.48. The maximum Gasteiger partial charge on any atom is 0.137 e. The van der Waals surface area contributed by atoms with E-state index < -0.39 is 74.3 Å². The molecule has 0 aliphatic carbocycles. The number of nitrogens with zero attached hydrogens (tertiary/aromatic N) is 1. The van der Waals surface area contributed by atoms with Crippen molar-refractivity contribution >= 4 is 23.2 Å². The van der Waals surface area contributed by atoms with Crippen LogP contribution < -0.4 is 9.47 Å². The van der Waals surface area contributed by atoms with Crippen molar-refractivity contribution in [2.45, 2.75) is 73.9 Å². The Balaban J connectivity index is 0.932. The molecular formula is C44H54Cl2NO12+. The number of aliphatic hydroxyl groups excluding tert-OH is 8. The molecule has 2 heterocycles. The summed E-state index contributed by atoms with van der Waals surface area (Å²) in [5.41, 5.74) is 4.76. The van der Waals surface area contributed by atoms with Crippen LogP contribution in [0.1, 0.15) is 45.6 Å². The third kappa shape index (κ3) is 11.1. The van der Waals surface area contributed by atoms with E-state index in [0.717, 1.165) is 46.8 Å². The van der Waals surface area contributed by atoms with Gasteiger partial charge < -0.3 is 64.3 Å². The Morgan fingerprint density at radius 1 is 0.525 bits per heavy atom. The normalized spacial score (nSPS) is 27.4. The lowest BCUT2D eigenvalue weighted by atomic mass is 9.90. The molecule has 2 aliphatic heterocycles. The average molecular weight is 860 g/mol. The highest BCUT2D eigenvalue weighted by atomic mass is 35.5. The molecule has 0 unspecified atom stereocenters. The van der Waals surface area contributed by atoms with Crippen LogP contribution in [0.2, 0.25) is 10.0 Å². The maximum absolute atomic E-state index is 10.6. The van der Waals surface area contributed by atoms with E-state index >= 15 is 0 Å². The predicted octanol–water partition coefficient (Wildman–Crippen LogP) is 2.74. The van der Waals surface area contributed by atoms with E-state index in [1.165, 1.54) is 0 Å². The van der Waals surface area contributed by atoms with Gasteiger partial charge in [0.2, 0.25) is 0 Å². The summed E-state index contributed by atoms with van der Waals surface area (Å²) in [5, 5.41) is 81.8. The molecule has 2 saturated heterocycles. The number of ether oxygens (including phenoxy) is 4. The Morgan fingerprint density at radius 2 is 0.966 bits per heavy atom. The highest BCUT2D eigenvalue weighted by Crippen LogP contribution is 2.36. The lowest BCUT2D eigenvalue weighted by Gasteiger charge is -2.40. The van der Waals surface area contributed by atoms with Crippen LogP contribution in [0.5, 0.6) is 11.5 Å². The molecule has 13 nitrogen and oxygen atoms in total. The van der Waals surface area contributed by atoms with Crippen LogP contribution in [0.3, 0.4) is 0 Å². The molecule has 0 aromatic heterocycles. The van der Waals surface area contributed by atoms with Crippen LogP contribution in [-0.2, 0) is 22.3 Å². The van der Waals surface area contributed by atoms with Gasteiger partial charge in [0.05, 0.1) is 27.3 Å². The standard InChI is InChI=1S/C44H54Cl2NO12/c1-47(2,15-17-56-31-10-3-25(4-11-31)19-27-7-8-29(22-34(27)46)44-42(55)40(53)38(51)36(24-49)59-44)16-18-57-32-12-5-26(6-13-32)20-30-21-28(9-14-33(30)45)43-41(54)39(52)37(50)35(23-48)58-43/h3-14,21-22,35-44,48-55H,15-20,23-24H2,1-2H3/q+1/t35-,36-,37-,38-,39+,40+,41-,42-,43+,44+/m1/s1. The quantitative estimate of drug-likeness (QED) is 0.0769. The third-order valence-electron chi connectivity index (χ3n) is 11.2. The monoisotopic (exact) mass is 858 g/mol. The molecule has 4 aromatic rings. The topological polar surface area (TPSA) is 199 Å². The van der Waals surface area contributed by atoms with Gasteiger partial charge in [-0.2, -0.15) is 0 Å². The van der Waals surface area contributed by atoms with Crippen molar-refractivity contribution in [3.8, 4) is 11.5 Å². The second-order valence-corrected chi connectivity index (χ2v) is 16.7. The van der Waals surface area contributed by atoms with E-state index in [9.17, 15) is 40.9 Å². The van der Waals surface area contributed by atoms with Crippen molar-refractivity contribution in [3.05, 3.63) is 128 Å². The summed E-state index contributed by atoms with van der Waals surface area (Å²) >= 11 is 13.1. The molecule has 2 aliphatic rings. The molecule has 4 aromatic carbocycles. The van der Waals surface area contributed by atoms with E-state index in [1.807, 2.05) is 54.6 Å². The Hall–Kier alpha value is -3.38. The van der Waals surface area contributed by atoms with Crippen molar-refractivity contribution in [1.82, 2.24) is 0 Å². The first kappa shape index (κ1) is 45.2. The zero-order valence-corrected chi connectivity index (χ0v) is 34.4. The molecule has 0 amide bonds. The van der Waals surface area contributed by atoms with E-state index in [2.05, 4.69) is 14.1 Å². The van der Waals surface area contributed by atoms with Crippen LogP contribution in [0.15, 0.2) is 84.9 Å². The Labute approximate surface area is 353 Å². The average Bonchev–Trinajstić information content (AvgIpc) is 3.22. The van der Waals surface area contributed by atoms with Crippen LogP contribution in [0.25, 0.3) is 0 Å². The van der Waals surface area contributed by atoms with Gasteiger partial charge in [0.25, 0.3) is 0 Å². The van der Waals surface area contributed by atoms with Crippen molar-refractivity contribution in [2.75, 3.05) is 53.6 Å². The Bertz CT molecular complexity index is 1960. The zero-order chi connectivity index (χ0) is 42.4. The van der Waals surface area contributed by atoms with Gasteiger partial charge in [-0.3, -0.25) is 0 Å². The van der Waals surface area contributed by atoms with Gasteiger partial charge in [-0.1, -0.05) is 71.7 Å². The summed E-state index contributed by atoms with van der Waals surface area (Å²) in [6.45, 7) is 1.51. The molecule has 59 heavy (non-hydrogen) atoms. The minimum Gasteiger partial charge on any atom is -0.488 e. The minimum atomic E-state index is -1.47. The molecule has 6 rings (SSSR count). The molecular weight excluding hydrogens is 805 g/mol. The lowest BCUT2D eigenvalue weighted by Crippen LogP contribution is -2.55. The van der Waals surface area contributed by atoms with E-state index in [1.54, 1.807) is 30.3 Å². The second kappa shape index (κ2) is 20.0. The largest absolute Gasteiger partial charge is 0.488 e. The molecule has 0 saturated carbocycles. The van der Waals surface area contributed by atoms with Gasteiger partial charge in [-0.25, -0.2) is 0 Å². The number of likely N-dealkylation sites (N-methyl/N-ethyl adjacent to an activating group) is 1. The molecule has 2 fully saturated rings. The SMILES string of the molecule is C[N+](C)(CCOc1ccc(Cc2ccc([C@@H]3O[C@H](CO)[C@@H](O)[C@H](O)[C@H]3O)cc2Cl)cc1)CCOc1ccc(Cc2cc([C@@H]3O[C@H](CO)[C@@H](O)[C@H](O)[C@H]3O)ccc2Cl)cc1. The summed E-state index contributed by atoms with van der Waals surface area (Å²) in [4.78, 5) is 0. The van der Waals surface area contributed by atoms with Gasteiger partial charge in [-0.15, -0.1) is 0 Å². The first-order valence-corrected chi connectivity index (χ1v) is 20.4. The fourth-order valence-electron chi connectivity index (χ4n) is 7.33. The summed E-state index contributed by atoms with van der Waals surface area (Å²) in [6, 6.07) is 26.0. The summed E-state index contributed by atoms with van der Waals surface area (Å²) in [6.07, 6.45) is -11.4. The van der Waals surface area contributed by atoms with Crippen LogP contribution in [-0.4, -0.2) is 148 Å². The van der Waals surface area contributed by atoms with Gasteiger partial charge in [0.15, 0.2) is 0 Å². The van der Waals surface area contributed by atoms with Gasteiger partial charge in [-0.05, 0) is 82.6 Å². The Kier molecular flexibility index (Phi) is 15.3. The number of quaternary nitrogens is 1. The number of halogens is 2. The molecule has 320 valence electrons. The number of hydrogen-bond acceptors (Lipinski definition) is 12. The number of aliphatic hydroxyl groups is 8. The number of rotatable bonds is 16. The van der Waals surface area contributed by atoms with Crippen molar-refractivity contribution in [3.63, 3.8) is 0 Å². The highest BCUT2D eigenvalue weighted by Gasteiger charge is 2.45. The number of hydrogen-bond donors (Lipinski definition) is 8. The van der Waals surface area contributed by atoms with Gasteiger partial charge in [0, 0.05) is 10.0 Å². The first-order chi connectivity index (χ1) is 28.2. The predicted molar refractivity (Wildman–Crippen MR) is 220 cm³/mol. The molecule has 10 atom stereocenters. The fourth-order valence-corrected chi connectivity index (χ4v) is 7.77. The van der Waals surface area contributed by atoms with Gasteiger partial charge in [0.1, 0.15) is 98.8 Å². The van der Waals surface area contributed by atoms with E-state index in [0.29, 0.717) is 51.7 Å². The van der Waals surface area contributed by atoms with Gasteiger partial charge >= 0.3 is 0 Å². The highest BCUT2D eigenvalue weighted by molar-refractivity contribution is 6.31. The molecule has 0 bridgehead atoms. The summed E-state index contributed by atoms with van der Waals surface area (Å²) < 4.78 is 24.2. The van der Waals surface area contributed by atoms with Crippen LogP contribution in [0.4, 0.5) is 0 Å². The van der Waals surface area contributed by atoms with Crippen LogP contribution >= 0.6 is 23.2 Å². The third-order valence-corrected chi connectivity index (χ3v) is 11.9. The first-order valence-electron chi connectivity index (χ1n) is 19.6. The molecule has 0 radical (unpaired) electrons. The van der Waals surface area contributed by atoms with E-state index in [-0.39, 0.29) is 0 Å². The molecule has 8 N–H and O–H groups in total. The maximum atomic E-state index is 10.6. The van der Waals surface area contributed by atoms with Crippen molar-refractivity contribution in [1.29, 1.82) is 0 Å².